The van der Waals surface area contributed by atoms with Crippen molar-refractivity contribution in [3.8, 4) is 5.75 Å². The quantitative estimate of drug-likeness (QED) is 0.866. The van der Waals surface area contributed by atoms with Gasteiger partial charge in [-0.05, 0) is 37.3 Å². The lowest BCUT2D eigenvalue weighted by Gasteiger charge is -2.22. The molecule has 2 aromatic carbocycles. The van der Waals surface area contributed by atoms with Gasteiger partial charge >= 0.3 is 0 Å². The van der Waals surface area contributed by atoms with Crippen molar-refractivity contribution in [3.05, 3.63) is 54.1 Å². The van der Waals surface area contributed by atoms with Crippen LogP contribution in [0.3, 0.4) is 0 Å². The van der Waals surface area contributed by atoms with E-state index >= 15 is 0 Å². The summed E-state index contributed by atoms with van der Waals surface area (Å²) in [5, 5.41) is 0. The Bertz CT molecular complexity index is 683. The van der Waals surface area contributed by atoms with Crippen LogP contribution in [0.15, 0.2) is 53.4 Å². The Morgan fingerprint density at radius 2 is 1.76 bits per heavy atom. The van der Waals surface area contributed by atoms with Crippen molar-refractivity contribution < 1.29 is 9.53 Å². The van der Waals surface area contributed by atoms with Crippen LogP contribution in [0.2, 0.25) is 0 Å². The molecule has 1 unspecified atom stereocenters. The van der Waals surface area contributed by atoms with Gasteiger partial charge in [-0.25, -0.2) is 0 Å². The minimum absolute atomic E-state index is 0.115. The second-order valence-corrected chi connectivity index (χ2v) is 6.68. The van der Waals surface area contributed by atoms with Gasteiger partial charge in [-0.2, -0.15) is 0 Å². The summed E-state index contributed by atoms with van der Waals surface area (Å²) in [5.74, 6) is 0.935. The van der Waals surface area contributed by atoms with Crippen LogP contribution in [0.5, 0.6) is 5.75 Å². The van der Waals surface area contributed by atoms with Gasteiger partial charge < -0.3 is 9.64 Å². The van der Waals surface area contributed by atoms with Crippen LogP contribution >= 0.6 is 11.8 Å². The number of para-hydroxylation sites is 1. The minimum atomic E-state index is -0.583. The van der Waals surface area contributed by atoms with E-state index in [2.05, 4.69) is 0 Å². The monoisotopic (exact) mass is 299 g/mol. The summed E-state index contributed by atoms with van der Waals surface area (Å²) in [7, 11) is 3.48. The largest absolute Gasteiger partial charge is 0.497 e. The van der Waals surface area contributed by atoms with Crippen molar-refractivity contribution in [1.29, 1.82) is 0 Å². The number of rotatable bonds is 3. The molecule has 0 saturated carbocycles. The summed E-state index contributed by atoms with van der Waals surface area (Å²) in [4.78, 5) is 15.5. The molecule has 0 fully saturated rings. The van der Waals surface area contributed by atoms with Crippen molar-refractivity contribution in [2.24, 2.45) is 0 Å². The zero-order valence-corrected chi connectivity index (χ0v) is 13.1. The second-order valence-electron chi connectivity index (χ2n) is 5.19. The molecule has 0 aliphatic carbocycles. The van der Waals surface area contributed by atoms with Crippen molar-refractivity contribution in [2.45, 2.75) is 16.6 Å². The molecule has 21 heavy (non-hydrogen) atoms. The van der Waals surface area contributed by atoms with Crippen LogP contribution in [0, 0.1) is 0 Å². The van der Waals surface area contributed by atoms with Crippen LogP contribution in [0.1, 0.15) is 12.5 Å². The van der Waals surface area contributed by atoms with E-state index in [1.165, 1.54) is 0 Å². The molecule has 0 bridgehead atoms. The molecule has 108 valence electrons. The van der Waals surface area contributed by atoms with Crippen LogP contribution in [-0.2, 0) is 9.54 Å². The molecule has 1 heterocycles. The number of methoxy groups -OCH3 is 1. The Hall–Kier alpha value is -1.94. The molecule has 0 aromatic heterocycles. The first-order valence-electron chi connectivity index (χ1n) is 6.77. The van der Waals surface area contributed by atoms with E-state index in [0.29, 0.717) is 0 Å². The predicted octanol–water partition coefficient (Wildman–Crippen LogP) is 3.68. The first kappa shape index (κ1) is 14.0. The lowest BCUT2D eigenvalue weighted by Crippen LogP contribution is -2.33. The van der Waals surface area contributed by atoms with Crippen molar-refractivity contribution in [2.75, 3.05) is 19.1 Å². The number of anilines is 1. The normalized spacial score (nSPS) is 20.5. The second kappa shape index (κ2) is 5.11. The maximum atomic E-state index is 12.7. The van der Waals surface area contributed by atoms with E-state index in [1.807, 2.05) is 62.5 Å². The van der Waals surface area contributed by atoms with E-state index in [1.54, 1.807) is 23.8 Å². The summed E-state index contributed by atoms with van der Waals surface area (Å²) < 4.78 is 4.59. The van der Waals surface area contributed by atoms with E-state index < -0.39 is 4.75 Å². The zero-order valence-electron chi connectivity index (χ0n) is 12.3. The van der Waals surface area contributed by atoms with Gasteiger partial charge in [0.05, 0.1) is 7.11 Å². The predicted molar refractivity (Wildman–Crippen MR) is 86.1 cm³/mol. The SMILES string of the molecule is COc1ccc(SC2(C)C(=O)N(C)c3ccccc32)cc1. The molecule has 0 radical (unpaired) electrons. The Labute approximate surface area is 128 Å². The van der Waals surface area contributed by atoms with Gasteiger partial charge in [0.2, 0.25) is 5.91 Å². The number of benzene rings is 2. The molecule has 1 atom stereocenters. The average Bonchev–Trinajstić information content (AvgIpc) is 2.71. The third kappa shape index (κ3) is 2.20. The fourth-order valence-corrected chi connectivity index (χ4v) is 3.94. The molecule has 3 nitrogen and oxygen atoms in total. The third-order valence-corrected chi connectivity index (χ3v) is 5.18. The number of amides is 1. The summed E-state index contributed by atoms with van der Waals surface area (Å²) in [6.07, 6.45) is 0. The molecule has 3 rings (SSSR count). The van der Waals surface area contributed by atoms with Gasteiger partial charge in [0.15, 0.2) is 0 Å². The van der Waals surface area contributed by atoms with Gasteiger partial charge in [0, 0.05) is 23.2 Å². The highest BCUT2D eigenvalue weighted by Crippen LogP contribution is 2.50. The maximum absolute atomic E-state index is 12.7. The number of hydrogen-bond acceptors (Lipinski definition) is 3. The number of thioether (sulfide) groups is 1. The highest BCUT2D eigenvalue weighted by molar-refractivity contribution is 8.01. The van der Waals surface area contributed by atoms with Gasteiger partial charge in [0.1, 0.15) is 10.5 Å². The summed E-state index contributed by atoms with van der Waals surface area (Å²) >= 11 is 1.58. The molecule has 0 spiro atoms. The lowest BCUT2D eigenvalue weighted by atomic mass is 10.0. The van der Waals surface area contributed by atoms with Crippen molar-refractivity contribution in [1.82, 2.24) is 0 Å². The lowest BCUT2D eigenvalue weighted by molar-refractivity contribution is -0.119. The van der Waals surface area contributed by atoms with E-state index in [0.717, 1.165) is 21.9 Å². The smallest absolute Gasteiger partial charge is 0.247 e. The number of carbonyl (C=O) groups is 1. The molecule has 0 saturated heterocycles. The number of hydrogen-bond donors (Lipinski definition) is 0. The first-order chi connectivity index (χ1) is 10.1. The molecule has 1 aliphatic rings. The van der Waals surface area contributed by atoms with Crippen LogP contribution in [-0.4, -0.2) is 20.1 Å². The van der Waals surface area contributed by atoms with Crippen molar-refractivity contribution in [3.63, 3.8) is 0 Å². The topological polar surface area (TPSA) is 29.5 Å². The van der Waals surface area contributed by atoms with Crippen LogP contribution in [0.4, 0.5) is 5.69 Å². The van der Waals surface area contributed by atoms with Gasteiger partial charge in [0.25, 0.3) is 0 Å². The Kier molecular flexibility index (Phi) is 3.41. The van der Waals surface area contributed by atoms with Gasteiger partial charge in [-0.1, -0.05) is 18.2 Å². The Morgan fingerprint density at radius 3 is 2.43 bits per heavy atom. The minimum Gasteiger partial charge on any atom is -0.497 e. The standard InChI is InChI=1S/C17H17NO2S/c1-17(21-13-10-8-12(20-3)9-11-13)14-6-4-5-7-15(14)18(2)16(17)19/h4-11H,1-3H3. The molecule has 1 amide bonds. The van der Waals surface area contributed by atoms with E-state index in [-0.39, 0.29) is 5.91 Å². The number of ether oxygens (including phenoxy) is 1. The number of likely N-dealkylation sites (N-methyl/N-ethyl adjacent to an activating group) is 1. The maximum Gasteiger partial charge on any atom is 0.247 e. The fraction of sp³-hybridized carbons (Fsp3) is 0.235. The molecule has 4 heteroatoms. The third-order valence-electron chi connectivity index (χ3n) is 3.87. The molecule has 2 aromatic rings. The van der Waals surface area contributed by atoms with E-state index in [9.17, 15) is 4.79 Å². The fourth-order valence-electron chi connectivity index (χ4n) is 2.69. The highest BCUT2D eigenvalue weighted by Gasteiger charge is 2.46. The first-order valence-corrected chi connectivity index (χ1v) is 7.58. The van der Waals surface area contributed by atoms with Crippen LogP contribution in [0.25, 0.3) is 0 Å². The highest BCUT2D eigenvalue weighted by atomic mass is 32.2. The molecule has 1 aliphatic heterocycles. The number of nitrogens with zero attached hydrogens (tertiary/aromatic N) is 1. The average molecular weight is 299 g/mol. The molecular weight excluding hydrogens is 282 g/mol. The van der Waals surface area contributed by atoms with Crippen molar-refractivity contribution >= 4 is 23.4 Å². The van der Waals surface area contributed by atoms with Gasteiger partial charge in [-0.3, -0.25) is 4.79 Å². The number of carbonyl (C=O) groups excluding carboxylic acids is 1. The van der Waals surface area contributed by atoms with Gasteiger partial charge in [-0.15, -0.1) is 11.8 Å². The van der Waals surface area contributed by atoms with Crippen LogP contribution < -0.4 is 9.64 Å². The number of fused-ring (bicyclic) bond motifs is 1. The Balaban J connectivity index is 1.98. The Morgan fingerprint density at radius 1 is 1.10 bits per heavy atom. The molecular formula is C17H17NO2S. The van der Waals surface area contributed by atoms with E-state index in [4.69, 9.17) is 4.74 Å². The summed E-state index contributed by atoms with van der Waals surface area (Å²) in [6.45, 7) is 1.99. The zero-order chi connectivity index (χ0) is 15.0. The summed E-state index contributed by atoms with van der Waals surface area (Å²) in [5.41, 5.74) is 2.06. The summed E-state index contributed by atoms with van der Waals surface area (Å²) in [6, 6.07) is 15.8. The molecule has 0 N–H and O–H groups in total.